The molecule has 3 heterocycles. The minimum absolute atomic E-state index is 0.00853. The third-order valence-electron chi connectivity index (χ3n) is 6.92. The van der Waals surface area contributed by atoms with Crippen LogP contribution in [0.1, 0.15) is 50.2 Å². The summed E-state index contributed by atoms with van der Waals surface area (Å²) in [6.45, 7) is 0.0941. The molecule has 0 saturated heterocycles. The molecule has 5 rings (SSSR count). The lowest BCUT2D eigenvalue weighted by Crippen LogP contribution is -2.41. The highest BCUT2D eigenvalue weighted by Crippen LogP contribution is 2.33. The number of hydrogen-bond donors (Lipinski definition) is 0. The van der Waals surface area contributed by atoms with E-state index in [2.05, 4.69) is 9.97 Å². The van der Waals surface area contributed by atoms with Gasteiger partial charge in [-0.1, -0.05) is 37.5 Å². The molecule has 0 amide bonds. The fourth-order valence-corrected chi connectivity index (χ4v) is 5.04. The van der Waals surface area contributed by atoms with Gasteiger partial charge >= 0.3 is 5.69 Å². The summed E-state index contributed by atoms with van der Waals surface area (Å²) in [6, 6.07) is 13.0. The molecule has 0 unspecified atom stereocenters. The van der Waals surface area contributed by atoms with Gasteiger partial charge in [-0.05, 0) is 31.0 Å². The number of ether oxygens (including phenoxy) is 2. The molecular formula is C28H29N5O5. The molecule has 1 aromatic carbocycles. The molecule has 1 fully saturated rings. The van der Waals surface area contributed by atoms with Crippen molar-refractivity contribution in [3.05, 3.63) is 75.3 Å². The van der Waals surface area contributed by atoms with Gasteiger partial charge in [0.2, 0.25) is 5.89 Å². The van der Waals surface area contributed by atoms with Gasteiger partial charge in [-0.2, -0.15) is 5.26 Å². The van der Waals surface area contributed by atoms with Gasteiger partial charge in [-0.15, -0.1) is 0 Å². The standard InChI is InChI=1S/C28H29N5O5/c1-36-23-11-6-5-10-20(23)24(38-19-8-3-2-4-9-19)18-33-22-13-12-21(26-30-15-17-37-26)31-25(22)27(34)32(28(33)35)16-7-14-29/h5-6,10-13,15,17,19,24H,2-4,7-9,16,18H2,1H3/t24-/m0/s1. The lowest BCUT2D eigenvalue weighted by Gasteiger charge is -2.29. The van der Waals surface area contributed by atoms with E-state index < -0.39 is 17.4 Å². The van der Waals surface area contributed by atoms with E-state index in [-0.39, 0.29) is 37.0 Å². The first-order valence-electron chi connectivity index (χ1n) is 12.8. The molecule has 10 heteroatoms. The van der Waals surface area contributed by atoms with Crippen molar-refractivity contribution in [3.8, 4) is 23.4 Å². The fraction of sp³-hybridized carbons (Fsp3) is 0.393. The van der Waals surface area contributed by atoms with E-state index in [1.54, 1.807) is 19.2 Å². The molecule has 0 aliphatic heterocycles. The van der Waals surface area contributed by atoms with Crippen LogP contribution in [0.3, 0.4) is 0 Å². The van der Waals surface area contributed by atoms with E-state index in [1.165, 1.54) is 23.4 Å². The summed E-state index contributed by atoms with van der Waals surface area (Å²) in [5, 5.41) is 9.15. The molecule has 38 heavy (non-hydrogen) atoms. The van der Waals surface area contributed by atoms with Crippen LogP contribution in [0, 0.1) is 11.3 Å². The highest BCUT2D eigenvalue weighted by molar-refractivity contribution is 5.76. The van der Waals surface area contributed by atoms with Crippen LogP contribution in [0.5, 0.6) is 5.75 Å². The van der Waals surface area contributed by atoms with Crippen LogP contribution in [0.25, 0.3) is 22.6 Å². The lowest BCUT2D eigenvalue weighted by molar-refractivity contribution is -0.0401. The van der Waals surface area contributed by atoms with E-state index in [0.717, 1.165) is 35.8 Å². The van der Waals surface area contributed by atoms with Crippen molar-refractivity contribution in [3.63, 3.8) is 0 Å². The summed E-state index contributed by atoms with van der Waals surface area (Å²) in [6.07, 6.45) is 7.75. The van der Waals surface area contributed by atoms with E-state index in [4.69, 9.17) is 19.2 Å². The van der Waals surface area contributed by atoms with Crippen molar-refractivity contribution in [1.82, 2.24) is 19.1 Å². The molecule has 1 saturated carbocycles. The van der Waals surface area contributed by atoms with Crippen LogP contribution >= 0.6 is 0 Å². The number of hydrogen-bond acceptors (Lipinski definition) is 8. The lowest BCUT2D eigenvalue weighted by atomic mass is 9.97. The second kappa shape index (κ2) is 11.4. The summed E-state index contributed by atoms with van der Waals surface area (Å²) < 4.78 is 20.2. The van der Waals surface area contributed by atoms with Gasteiger partial charge in [0.15, 0.2) is 5.52 Å². The Hall–Kier alpha value is -4.23. The molecule has 1 aliphatic rings. The predicted molar refractivity (Wildman–Crippen MR) is 140 cm³/mol. The number of nitrogens with zero attached hydrogens (tertiary/aromatic N) is 5. The molecule has 0 spiro atoms. The summed E-state index contributed by atoms with van der Waals surface area (Å²) in [5.74, 6) is 0.924. The number of para-hydroxylation sites is 1. The third kappa shape index (κ3) is 5.10. The van der Waals surface area contributed by atoms with Gasteiger partial charge in [0.1, 0.15) is 23.8 Å². The highest BCUT2D eigenvalue weighted by Gasteiger charge is 2.26. The van der Waals surface area contributed by atoms with Gasteiger partial charge in [-0.25, -0.2) is 14.8 Å². The first-order valence-corrected chi connectivity index (χ1v) is 12.8. The van der Waals surface area contributed by atoms with E-state index in [0.29, 0.717) is 17.0 Å². The molecular weight excluding hydrogens is 486 g/mol. The molecule has 10 nitrogen and oxygen atoms in total. The molecule has 0 N–H and O–H groups in total. The van der Waals surface area contributed by atoms with Crippen LogP contribution in [0.2, 0.25) is 0 Å². The Labute approximate surface area is 219 Å². The van der Waals surface area contributed by atoms with Crippen molar-refractivity contribution in [2.45, 2.75) is 63.8 Å². The topological polar surface area (TPSA) is 125 Å². The quantitative estimate of drug-likeness (QED) is 0.324. The minimum atomic E-state index is -0.563. The van der Waals surface area contributed by atoms with Crippen LogP contribution < -0.4 is 16.0 Å². The molecule has 3 aromatic heterocycles. The number of methoxy groups -OCH3 is 1. The van der Waals surface area contributed by atoms with Crippen LogP contribution in [-0.2, 0) is 17.8 Å². The molecule has 0 radical (unpaired) electrons. The normalized spacial score (nSPS) is 14.8. The Kier molecular flexibility index (Phi) is 7.65. The fourth-order valence-electron chi connectivity index (χ4n) is 5.04. The van der Waals surface area contributed by atoms with Gasteiger partial charge < -0.3 is 13.9 Å². The highest BCUT2D eigenvalue weighted by atomic mass is 16.5. The van der Waals surface area contributed by atoms with Crippen molar-refractivity contribution in [2.24, 2.45) is 0 Å². The molecule has 1 aliphatic carbocycles. The van der Waals surface area contributed by atoms with Crippen molar-refractivity contribution >= 4 is 11.0 Å². The predicted octanol–water partition coefficient (Wildman–Crippen LogP) is 4.23. The van der Waals surface area contributed by atoms with Crippen molar-refractivity contribution in [1.29, 1.82) is 5.26 Å². The van der Waals surface area contributed by atoms with Gasteiger partial charge in [0, 0.05) is 12.1 Å². The first kappa shape index (κ1) is 25.4. The van der Waals surface area contributed by atoms with Crippen LogP contribution in [0.4, 0.5) is 0 Å². The SMILES string of the molecule is COc1ccccc1[C@H](Cn1c(=O)n(CCC#N)c(=O)c2nc(-c3ncco3)ccc21)OC1CCCCC1. The molecule has 4 aromatic rings. The Bertz CT molecular complexity index is 1560. The second-order valence-electron chi connectivity index (χ2n) is 9.29. The van der Waals surface area contributed by atoms with Gasteiger partial charge in [-0.3, -0.25) is 13.9 Å². The third-order valence-corrected chi connectivity index (χ3v) is 6.92. The van der Waals surface area contributed by atoms with Crippen LogP contribution in [-0.4, -0.2) is 32.3 Å². The monoisotopic (exact) mass is 515 g/mol. The number of nitriles is 1. The number of aromatic nitrogens is 4. The smallest absolute Gasteiger partial charge is 0.331 e. The maximum atomic E-state index is 13.7. The largest absolute Gasteiger partial charge is 0.496 e. The van der Waals surface area contributed by atoms with Gasteiger partial charge in [0.05, 0.1) is 44.0 Å². The van der Waals surface area contributed by atoms with Gasteiger partial charge in [0.25, 0.3) is 5.56 Å². The number of pyridine rings is 1. The first-order chi connectivity index (χ1) is 18.6. The second-order valence-corrected chi connectivity index (χ2v) is 9.29. The summed E-state index contributed by atoms with van der Waals surface area (Å²) >= 11 is 0. The zero-order chi connectivity index (χ0) is 26.5. The maximum Gasteiger partial charge on any atom is 0.331 e. The average Bonchev–Trinajstić information content (AvgIpc) is 3.50. The number of oxazole rings is 1. The van der Waals surface area contributed by atoms with E-state index in [9.17, 15) is 9.59 Å². The Morgan fingerprint density at radius 1 is 1.13 bits per heavy atom. The molecule has 196 valence electrons. The maximum absolute atomic E-state index is 13.7. The van der Waals surface area contributed by atoms with E-state index >= 15 is 0 Å². The average molecular weight is 516 g/mol. The zero-order valence-corrected chi connectivity index (χ0v) is 21.2. The summed E-state index contributed by atoms with van der Waals surface area (Å²) in [4.78, 5) is 35.7. The van der Waals surface area contributed by atoms with Crippen molar-refractivity contribution in [2.75, 3.05) is 7.11 Å². The number of rotatable bonds is 9. The molecule has 0 bridgehead atoms. The van der Waals surface area contributed by atoms with E-state index in [1.807, 2.05) is 30.3 Å². The van der Waals surface area contributed by atoms with Crippen molar-refractivity contribution < 1.29 is 13.9 Å². The zero-order valence-electron chi connectivity index (χ0n) is 21.2. The van der Waals surface area contributed by atoms with Crippen LogP contribution in [0.15, 0.2) is 62.9 Å². The Morgan fingerprint density at radius 3 is 2.68 bits per heavy atom. The number of benzene rings is 1. The Balaban J connectivity index is 1.66. The minimum Gasteiger partial charge on any atom is -0.496 e. The Morgan fingerprint density at radius 2 is 1.95 bits per heavy atom. The summed E-state index contributed by atoms with van der Waals surface area (Å²) in [5.41, 5.74) is 0.573. The summed E-state index contributed by atoms with van der Waals surface area (Å²) in [7, 11) is 1.61. The molecule has 1 atom stereocenters. The number of fused-ring (bicyclic) bond motifs is 1.